The van der Waals surface area contributed by atoms with Crippen LogP contribution in [0.25, 0.3) is 0 Å². The second-order valence-corrected chi connectivity index (χ2v) is 34.5. The summed E-state index contributed by atoms with van der Waals surface area (Å²) < 4.78 is 50.8. The fourth-order valence-corrected chi connectivity index (χ4v) is 14.0. The van der Waals surface area contributed by atoms with E-state index < -0.39 is 89.6 Å². The fraction of sp³-hybridized carbons (Fsp3) is 0.262. The Hall–Kier alpha value is -16.0. The van der Waals surface area contributed by atoms with Crippen molar-refractivity contribution in [3.05, 3.63) is 424 Å². The molecule has 0 unspecified atom stereocenters. The van der Waals surface area contributed by atoms with Crippen LogP contribution in [0, 0.1) is 0 Å². The number of pyridine rings is 4. The van der Waals surface area contributed by atoms with E-state index in [0.717, 1.165) is 39.8 Å². The average Bonchev–Trinajstić information content (AvgIpc) is 0.798. The number of guanidine groups is 1. The van der Waals surface area contributed by atoms with E-state index in [-0.39, 0.29) is 69.9 Å². The molecule has 4 heterocycles. The van der Waals surface area contributed by atoms with Crippen molar-refractivity contribution in [3.63, 3.8) is 0 Å². The zero-order valence-corrected chi connectivity index (χ0v) is 81.7. The van der Waals surface area contributed by atoms with Crippen LogP contribution in [0.2, 0.25) is 0 Å². The summed E-state index contributed by atoms with van der Waals surface area (Å²) in [7, 11) is 1.29. The lowest BCUT2D eigenvalue weighted by Crippen LogP contribution is -2.44. The van der Waals surface area contributed by atoms with Crippen molar-refractivity contribution < 1.29 is 76.0 Å². The summed E-state index contributed by atoms with van der Waals surface area (Å²) in [5.41, 5.74) is 33.8. The van der Waals surface area contributed by atoms with Gasteiger partial charge in [-0.3, -0.25) is 53.3 Å². The molecular formula is C107H120BrF3N14O17. The smallest absolute Gasteiger partial charge is 0.446 e. The normalized spacial score (nSPS) is 11.8. The molecule has 0 saturated heterocycles. The number of esters is 3. The van der Waals surface area contributed by atoms with Crippen molar-refractivity contribution in [3.8, 4) is 0 Å². The van der Waals surface area contributed by atoms with Gasteiger partial charge in [0.2, 0.25) is 11.8 Å². The molecule has 3 atom stereocenters. The number of aliphatic imine (C=N–C) groups is 3. The molecule has 4 aromatic heterocycles. The van der Waals surface area contributed by atoms with Gasteiger partial charge in [-0.15, -0.1) is 0 Å². The molecule has 142 heavy (non-hydrogen) atoms. The number of carboxylic acid groups (broad SMARTS) is 2. The quantitative estimate of drug-likeness (QED) is 0.00356. The molecule has 0 saturated carbocycles. The van der Waals surface area contributed by atoms with Gasteiger partial charge in [0, 0.05) is 68.7 Å². The number of ether oxygens (including phenoxy) is 3. The number of nitrogens with zero attached hydrogens (tertiary/aromatic N) is 6. The van der Waals surface area contributed by atoms with Gasteiger partial charge in [-0.25, -0.2) is 19.2 Å². The van der Waals surface area contributed by atoms with Crippen LogP contribution in [0.3, 0.4) is 0 Å². The number of nitrogens with two attached hydrogens (primary N) is 5. The zero-order chi connectivity index (χ0) is 104. The third kappa shape index (κ3) is 41.3. The summed E-state index contributed by atoms with van der Waals surface area (Å²) in [5.74, 6) is -3.72. The lowest BCUT2D eigenvalue weighted by Gasteiger charge is -2.25. The van der Waals surface area contributed by atoms with Crippen LogP contribution in [-0.2, 0) is 33.4 Å². The van der Waals surface area contributed by atoms with E-state index in [4.69, 9.17) is 42.9 Å². The number of rotatable bonds is 32. The maximum Gasteiger partial charge on any atom is 0.446 e. The van der Waals surface area contributed by atoms with Crippen LogP contribution < -0.4 is 61.5 Å². The number of H-pyrrole nitrogens is 1. The number of aldehydes is 1. The molecule has 2 amide bonds. The van der Waals surface area contributed by atoms with Gasteiger partial charge < -0.3 is 82.4 Å². The van der Waals surface area contributed by atoms with Gasteiger partial charge in [-0.2, -0.15) is 13.2 Å². The third-order valence-corrected chi connectivity index (χ3v) is 21.0. The van der Waals surface area contributed by atoms with Crippen molar-refractivity contribution in [1.29, 1.82) is 0 Å². The van der Waals surface area contributed by atoms with Crippen molar-refractivity contribution in [2.24, 2.45) is 43.6 Å². The number of carbonyl (C=O) groups excluding carboxylic acids is 6. The van der Waals surface area contributed by atoms with E-state index in [1.807, 2.05) is 215 Å². The number of aromatic amines is 1. The molecule has 0 fully saturated rings. The predicted octanol–water partition coefficient (Wildman–Crippen LogP) is 14.9. The van der Waals surface area contributed by atoms with E-state index in [2.05, 4.69) is 99.8 Å². The van der Waals surface area contributed by atoms with E-state index in [0.29, 0.717) is 60.8 Å². The Kier molecular flexibility index (Phi) is 47.4. The molecule has 31 nitrogen and oxygen atoms in total. The Balaban J connectivity index is 0.000000270. The van der Waals surface area contributed by atoms with Crippen LogP contribution in [0.15, 0.2) is 350 Å². The number of amidine groups is 2. The number of hydrogen-bond acceptors (Lipinski definition) is 19. The molecule has 0 aliphatic heterocycles. The number of aromatic nitrogens is 4. The number of amides is 2. The average molecular weight is 2010 g/mol. The minimum Gasteiger partial charge on any atom is -0.480 e. The van der Waals surface area contributed by atoms with Crippen LogP contribution in [0.5, 0.6) is 0 Å². The number of carboxylic acids is 2. The van der Waals surface area contributed by atoms with Crippen LogP contribution in [0.1, 0.15) is 203 Å². The Bertz CT molecular complexity index is 6160. The van der Waals surface area contributed by atoms with Crippen molar-refractivity contribution in [1.82, 2.24) is 29.3 Å². The Morgan fingerprint density at radius 1 is 0.423 bits per heavy atom. The Morgan fingerprint density at radius 3 is 1.00 bits per heavy atom. The van der Waals surface area contributed by atoms with Gasteiger partial charge >= 0.3 is 36.0 Å². The number of hydrogen-bond donors (Lipinski definition) is 10. The van der Waals surface area contributed by atoms with Crippen molar-refractivity contribution in [2.75, 3.05) is 26.7 Å². The standard InChI is InChI=1S/C30H36N4O4.C25H27N5O4.C19H15NO3.C13H11Br.C11H23N3O2.C7H7NO3.C2HF3O/c1-21(31)32-19-11-16-25(29(37)38-30(2,3)4)33-28(36)24-17-18-26(35)34(20-24)27(22-12-7-5-8-13-22)23-14-9-6-10-15-23;26-25(27)28-15-7-12-20(24(33)34)29-23(32)19-13-14-21(31)30(16-19)22(17-8-3-1-4-9-17)18-10-5-2-6-11-18;21-17-12-11-16(19(22)23)13-20(17)18(14-7-3-1-4-8-14)15-9-5-2-6-10-15;14-13(11-7-3-1-4-8-11)12-9-5-2-6-10-12;1-8(12)14-7-5-6-9(13)10(15)16-11(2,3)4;1-11-7(10)5-2-3-6(9)8-4-5;3-2(4,5)1-6/h5-10,12-15,17-18,20,25,27H,11,16,19H2,1-4H3,(H2,31,32)(H,33,36);1-6,8-11,13-14,16,20,22H,7,12,15H2,(H,29,32)(H,33,34)(H4,26,27,28);1-13,18H,(H,22,23);1-10,13H;9H,5-7,13H2,1-4H3,(H2,12,14);2-4H,1H3,(H,8,9);1H/t25-;20-;;;9-;;/m00..0../s1. The van der Waals surface area contributed by atoms with Gasteiger partial charge in [-0.1, -0.05) is 259 Å². The highest BCUT2D eigenvalue weighted by atomic mass is 79.9. The monoisotopic (exact) mass is 2010 g/mol. The lowest BCUT2D eigenvalue weighted by atomic mass is 9.98. The highest BCUT2D eigenvalue weighted by Gasteiger charge is 2.31. The number of benzene rings is 8. The lowest BCUT2D eigenvalue weighted by molar-refractivity contribution is -0.158. The summed E-state index contributed by atoms with van der Waals surface area (Å²) in [6.07, 6.45) is 2.68. The minimum atomic E-state index is -4.64. The molecule has 35 heteroatoms. The Labute approximate surface area is 829 Å². The largest absolute Gasteiger partial charge is 0.480 e. The maximum atomic E-state index is 13.3. The highest BCUT2D eigenvalue weighted by Crippen LogP contribution is 2.32. The van der Waals surface area contributed by atoms with Crippen molar-refractivity contribution >= 4 is 81.5 Å². The van der Waals surface area contributed by atoms with Crippen molar-refractivity contribution in [2.45, 2.75) is 152 Å². The number of halogens is 4. The number of aliphatic carboxylic acids is 1. The van der Waals surface area contributed by atoms with Gasteiger partial charge in [0.25, 0.3) is 28.5 Å². The van der Waals surface area contributed by atoms with Crippen LogP contribution in [0.4, 0.5) is 13.2 Å². The Morgan fingerprint density at radius 2 is 0.711 bits per heavy atom. The molecule has 12 aromatic rings. The van der Waals surface area contributed by atoms with Crippen LogP contribution >= 0.6 is 15.9 Å². The van der Waals surface area contributed by atoms with Crippen LogP contribution in [-0.4, -0.2) is 157 Å². The first-order valence-electron chi connectivity index (χ1n) is 44.9. The van der Waals surface area contributed by atoms with E-state index in [1.165, 1.54) is 101 Å². The second kappa shape index (κ2) is 58.6. The number of carbonyl (C=O) groups is 8. The maximum absolute atomic E-state index is 13.3. The number of nitrogens with one attached hydrogen (secondary N) is 3. The molecule has 0 bridgehead atoms. The molecule has 0 radical (unpaired) electrons. The summed E-state index contributed by atoms with van der Waals surface area (Å²) >= 11 is 3.69. The molecule has 0 aliphatic carbocycles. The van der Waals surface area contributed by atoms with E-state index in [9.17, 15) is 76.1 Å². The van der Waals surface area contributed by atoms with E-state index in [1.54, 1.807) is 39.2 Å². The predicted molar refractivity (Wildman–Crippen MR) is 546 cm³/mol. The number of methoxy groups -OCH3 is 1. The third-order valence-electron chi connectivity index (χ3n) is 19.9. The molecule has 15 N–H and O–H groups in total. The summed E-state index contributed by atoms with van der Waals surface area (Å²) in [6, 6.07) is 85.1. The summed E-state index contributed by atoms with van der Waals surface area (Å²) in [4.78, 5) is 156. The molecule has 748 valence electrons. The van der Waals surface area contributed by atoms with Gasteiger partial charge in [-0.05, 0) is 163 Å². The molecule has 0 spiro atoms. The molecule has 12 rings (SSSR count). The van der Waals surface area contributed by atoms with Gasteiger partial charge in [0.05, 0.1) is 64.0 Å². The SMILES string of the molecule is BrC(c1ccccc1)c1ccccc1.CC(N)=NCCC[C@H](N)C(=O)OC(C)(C)C.CC(N)=NCCC[C@H](NC(=O)c1ccc(=O)n(C(c2ccccc2)c2ccccc2)c1)C(=O)OC(C)(C)C.COC(=O)c1ccc(=O)[nH]c1.NC(N)=NCCC[C@H](NC(=O)c1ccc(=O)n(C(c2ccccc2)c2ccccc2)c1)C(=O)O.O=C(O)c1ccc(=O)n(C(c2ccccc2)c2ccccc2)c1.O=CC(F)(F)F. The first-order chi connectivity index (χ1) is 67.5. The number of aromatic carboxylic acids is 1. The zero-order valence-electron chi connectivity index (χ0n) is 80.1. The molecular weight excluding hydrogens is 1890 g/mol. The molecule has 0 aliphatic rings. The highest BCUT2D eigenvalue weighted by molar-refractivity contribution is 9.09. The summed E-state index contributed by atoms with van der Waals surface area (Å²) in [6.45, 7) is 15.5. The summed E-state index contributed by atoms with van der Waals surface area (Å²) in [5, 5.41) is 24.0. The fourth-order valence-electron chi connectivity index (χ4n) is 13.4. The number of alkyl halides is 4. The van der Waals surface area contributed by atoms with Gasteiger partial charge in [0.1, 0.15) is 29.3 Å². The van der Waals surface area contributed by atoms with E-state index >= 15 is 0 Å². The first kappa shape index (κ1) is 115. The second-order valence-electron chi connectivity index (χ2n) is 33.6. The minimum absolute atomic E-state index is 0.0791. The van der Waals surface area contributed by atoms with Gasteiger partial charge in [0.15, 0.2) is 5.96 Å². The molecule has 8 aromatic carbocycles. The topological polar surface area (TPSA) is 495 Å². The first-order valence-corrected chi connectivity index (χ1v) is 45.8.